The molecule has 0 aliphatic carbocycles. The molecule has 1 saturated heterocycles. The van der Waals surface area contributed by atoms with Gasteiger partial charge in [0.2, 0.25) is 5.91 Å². The molecule has 0 aromatic heterocycles. The van der Waals surface area contributed by atoms with Crippen molar-refractivity contribution >= 4 is 35.8 Å². The van der Waals surface area contributed by atoms with Gasteiger partial charge in [0.05, 0.1) is 13.2 Å². The van der Waals surface area contributed by atoms with Crippen LogP contribution >= 0.6 is 24.0 Å². The minimum Gasteiger partial charge on any atom is -0.379 e. The zero-order valence-electron chi connectivity index (χ0n) is 17.9. The molecule has 1 aliphatic rings. The van der Waals surface area contributed by atoms with Crippen LogP contribution in [0.1, 0.15) is 48.0 Å². The topological polar surface area (TPSA) is 78.0 Å². The number of rotatable bonds is 8. The summed E-state index contributed by atoms with van der Waals surface area (Å²) in [6.45, 7) is 17.7. The van der Waals surface area contributed by atoms with Crippen molar-refractivity contribution in [2.75, 3.05) is 45.9 Å². The van der Waals surface area contributed by atoms with Crippen molar-refractivity contribution in [3.05, 3.63) is 0 Å². The summed E-state index contributed by atoms with van der Waals surface area (Å²) in [7, 11) is 0. The summed E-state index contributed by atoms with van der Waals surface area (Å²) in [6.07, 6.45) is 1.12. The van der Waals surface area contributed by atoms with E-state index in [1.165, 1.54) is 0 Å². The lowest BCUT2D eigenvalue weighted by atomic mass is 10.0. The molecule has 1 heterocycles. The minimum atomic E-state index is -0.239. The molecule has 0 saturated carbocycles. The fourth-order valence-electron chi connectivity index (χ4n) is 3.01. The maximum Gasteiger partial charge on any atom is 0.242 e. The molecule has 1 unspecified atom stereocenters. The third-order valence-electron chi connectivity index (χ3n) is 4.05. The molecule has 0 bridgehead atoms. The van der Waals surface area contributed by atoms with E-state index in [-0.39, 0.29) is 42.0 Å². The van der Waals surface area contributed by atoms with Crippen LogP contribution in [-0.4, -0.2) is 74.3 Å². The number of morpholine rings is 1. The lowest BCUT2D eigenvalue weighted by Gasteiger charge is -2.35. The van der Waals surface area contributed by atoms with Gasteiger partial charge in [-0.1, -0.05) is 13.8 Å². The van der Waals surface area contributed by atoms with Crippen LogP contribution in [-0.2, 0) is 9.53 Å². The largest absolute Gasteiger partial charge is 0.379 e. The zero-order valence-corrected chi connectivity index (χ0v) is 20.3. The summed E-state index contributed by atoms with van der Waals surface area (Å²) in [4.78, 5) is 18.9. The third kappa shape index (κ3) is 12.5. The Bertz CT molecular complexity index is 446. The molecule has 7 nitrogen and oxygen atoms in total. The average molecular weight is 497 g/mol. The highest BCUT2D eigenvalue weighted by Crippen LogP contribution is 2.13. The smallest absolute Gasteiger partial charge is 0.242 e. The molecule has 0 spiro atoms. The predicted molar refractivity (Wildman–Crippen MR) is 123 cm³/mol. The Morgan fingerprint density at radius 3 is 2.33 bits per heavy atom. The van der Waals surface area contributed by atoms with Crippen molar-refractivity contribution < 1.29 is 9.53 Å². The molecule has 0 aromatic carbocycles. The molecular weight excluding hydrogens is 457 g/mol. The van der Waals surface area contributed by atoms with Crippen LogP contribution < -0.4 is 16.0 Å². The first kappa shape index (κ1) is 26.4. The van der Waals surface area contributed by atoms with Crippen LogP contribution in [0.4, 0.5) is 0 Å². The quantitative estimate of drug-likeness (QED) is 0.271. The summed E-state index contributed by atoms with van der Waals surface area (Å²) < 4.78 is 5.48. The molecule has 3 N–H and O–H groups in total. The predicted octanol–water partition coefficient (Wildman–Crippen LogP) is 1.82. The number of hydrogen-bond acceptors (Lipinski definition) is 4. The number of carbonyl (C=O) groups excluding carboxylic acids is 1. The molecule has 27 heavy (non-hydrogen) atoms. The van der Waals surface area contributed by atoms with Gasteiger partial charge in [-0.15, -0.1) is 24.0 Å². The van der Waals surface area contributed by atoms with Crippen molar-refractivity contribution in [1.29, 1.82) is 0 Å². The molecule has 160 valence electrons. The maximum absolute atomic E-state index is 12.0. The molecule has 8 heteroatoms. The van der Waals surface area contributed by atoms with E-state index in [9.17, 15) is 4.79 Å². The van der Waals surface area contributed by atoms with Gasteiger partial charge in [-0.2, -0.15) is 0 Å². The average Bonchev–Trinajstić information content (AvgIpc) is 2.55. The first-order chi connectivity index (χ1) is 12.2. The molecule has 0 radical (unpaired) electrons. The molecule has 1 amide bonds. The second kappa shape index (κ2) is 13.5. The van der Waals surface area contributed by atoms with Crippen LogP contribution in [0.3, 0.4) is 0 Å². The Hall–Kier alpha value is -0.610. The highest BCUT2D eigenvalue weighted by Gasteiger charge is 2.22. The third-order valence-corrected chi connectivity index (χ3v) is 4.05. The molecule has 0 aromatic rings. The molecule has 1 fully saturated rings. The lowest BCUT2D eigenvalue weighted by molar-refractivity contribution is -0.121. The number of halogens is 1. The summed E-state index contributed by atoms with van der Waals surface area (Å²) in [6, 6.07) is 0.436. The summed E-state index contributed by atoms with van der Waals surface area (Å²) in [5, 5.41) is 9.58. The first-order valence-corrected chi connectivity index (χ1v) is 9.86. The fourth-order valence-corrected chi connectivity index (χ4v) is 3.01. The molecule has 1 rings (SSSR count). The number of amides is 1. The Morgan fingerprint density at radius 2 is 1.81 bits per heavy atom. The second-order valence-electron chi connectivity index (χ2n) is 8.31. The van der Waals surface area contributed by atoms with Gasteiger partial charge < -0.3 is 20.7 Å². The van der Waals surface area contributed by atoms with Crippen LogP contribution in [0.25, 0.3) is 0 Å². The number of carbonyl (C=O) groups is 1. The van der Waals surface area contributed by atoms with Gasteiger partial charge >= 0.3 is 0 Å². The minimum absolute atomic E-state index is 0. The molecule has 1 aliphatic heterocycles. The van der Waals surface area contributed by atoms with E-state index >= 15 is 0 Å². The van der Waals surface area contributed by atoms with Gasteiger partial charge in [0.1, 0.15) is 6.54 Å². The van der Waals surface area contributed by atoms with E-state index in [0.29, 0.717) is 17.9 Å². The normalized spacial score (nSPS) is 17.2. The van der Waals surface area contributed by atoms with Gasteiger partial charge in [-0.3, -0.25) is 9.69 Å². The van der Waals surface area contributed by atoms with Gasteiger partial charge in [0, 0.05) is 37.8 Å². The number of aliphatic imine (C=N–C) groups is 1. The van der Waals surface area contributed by atoms with E-state index in [2.05, 4.69) is 39.7 Å². The molecule has 1 atom stereocenters. The Labute approximate surface area is 182 Å². The second-order valence-corrected chi connectivity index (χ2v) is 8.31. The van der Waals surface area contributed by atoms with Crippen molar-refractivity contribution in [3.8, 4) is 0 Å². The number of ether oxygens (including phenoxy) is 1. The van der Waals surface area contributed by atoms with Gasteiger partial charge in [-0.25, -0.2) is 4.99 Å². The van der Waals surface area contributed by atoms with Crippen molar-refractivity contribution in [2.45, 2.75) is 59.5 Å². The Morgan fingerprint density at radius 1 is 1.19 bits per heavy atom. The zero-order chi connectivity index (χ0) is 19.6. The van der Waals surface area contributed by atoms with Crippen LogP contribution in [0, 0.1) is 5.92 Å². The summed E-state index contributed by atoms with van der Waals surface area (Å²) in [5.41, 5.74) is -0.239. The monoisotopic (exact) mass is 497 g/mol. The summed E-state index contributed by atoms with van der Waals surface area (Å²) in [5.74, 6) is 1.25. The van der Waals surface area contributed by atoms with Gasteiger partial charge in [-0.05, 0) is 40.0 Å². The number of nitrogens with one attached hydrogen (secondary N) is 3. The molecular formula is C19H40IN5O2. The van der Waals surface area contributed by atoms with Crippen molar-refractivity contribution in [1.82, 2.24) is 20.9 Å². The first-order valence-electron chi connectivity index (χ1n) is 9.86. The Kier molecular flexibility index (Phi) is 13.2. The van der Waals surface area contributed by atoms with Crippen LogP contribution in [0.15, 0.2) is 4.99 Å². The number of hydrogen-bond donors (Lipinski definition) is 3. The number of nitrogens with zero attached hydrogens (tertiary/aromatic N) is 2. The van der Waals surface area contributed by atoms with Crippen LogP contribution in [0.5, 0.6) is 0 Å². The number of guanidine groups is 1. The highest BCUT2D eigenvalue weighted by atomic mass is 127. The van der Waals surface area contributed by atoms with E-state index in [4.69, 9.17) is 4.74 Å². The van der Waals surface area contributed by atoms with Gasteiger partial charge in [0.15, 0.2) is 5.96 Å². The summed E-state index contributed by atoms with van der Waals surface area (Å²) >= 11 is 0. The fraction of sp³-hybridized carbons (Fsp3) is 0.895. The Balaban J connectivity index is 0.00000676. The standard InChI is InChI=1S/C19H39N5O2.HI/c1-7-20-18(22-14-17(25)23-19(4,5)6)21-13-16(12-15(2)3)24-8-10-26-11-9-24;/h15-16H,7-14H2,1-6H3,(H,23,25)(H2,20,21,22);1H. The van der Waals surface area contributed by atoms with Gasteiger partial charge in [0.25, 0.3) is 0 Å². The highest BCUT2D eigenvalue weighted by molar-refractivity contribution is 14.0. The van der Waals surface area contributed by atoms with E-state index in [1.807, 2.05) is 27.7 Å². The van der Waals surface area contributed by atoms with Crippen molar-refractivity contribution in [3.63, 3.8) is 0 Å². The van der Waals surface area contributed by atoms with E-state index in [1.54, 1.807) is 0 Å². The van der Waals surface area contributed by atoms with Crippen molar-refractivity contribution in [2.24, 2.45) is 10.9 Å². The van der Waals surface area contributed by atoms with E-state index < -0.39 is 0 Å². The van der Waals surface area contributed by atoms with E-state index in [0.717, 1.165) is 45.8 Å². The maximum atomic E-state index is 12.0. The SMILES string of the molecule is CCNC(=NCC(=O)NC(C)(C)C)NCC(CC(C)C)N1CCOCC1.I. The lowest BCUT2D eigenvalue weighted by Crippen LogP contribution is -2.51. The van der Waals surface area contributed by atoms with Crippen LogP contribution in [0.2, 0.25) is 0 Å².